The minimum atomic E-state index is -3.31. The maximum Gasteiger partial charge on any atom is 0.306 e. The highest BCUT2D eigenvalue weighted by Crippen LogP contribution is 2.02. The lowest BCUT2D eigenvalue weighted by molar-refractivity contribution is -0.140. The molecule has 2 N–H and O–H groups in total. The molecule has 6 nitrogen and oxygen atoms in total. The molecule has 0 radical (unpaired) electrons. The first-order valence-electron chi connectivity index (χ1n) is 6.06. The van der Waals surface area contributed by atoms with E-state index in [1.165, 1.54) is 7.11 Å². The molecule has 0 aromatic carbocycles. The Bertz CT molecular complexity index is 328. The van der Waals surface area contributed by atoms with Gasteiger partial charge < -0.3 is 15.2 Å². The van der Waals surface area contributed by atoms with E-state index < -0.39 is 15.8 Å². The van der Waals surface area contributed by atoms with Crippen LogP contribution >= 0.6 is 0 Å². The number of rotatable bonds is 10. The fourth-order valence-electron chi connectivity index (χ4n) is 1.48. The first kappa shape index (κ1) is 17.3. The van der Waals surface area contributed by atoms with Crippen molar-refractivity contribution in [2.75, 3.05) is 31.8 Å². The summed E-state index contributed by atoms with van der Waals surface area (Å²) in [6.07, 6.45) is 1.15. The van der Waals surface area contributed by atoms with Crippen molar-refractivity contribution in [2.24, 2.45) is 0 Å². The molecule has 0 fully saturated rings. The third-order valence-corrected chi connectivity index (χ3v) is 4.20. The van der Waals surface area contributed by atoms with Crippen LogP contribution in [-0.2, 0) is 19.4 Å². The van der Waals surface area contributed by atoms with Crippen molar-refractivity contribution in [3.63, 3.8) is 0 Å². The van der Waals surface area contributed by atoms with Crippen LogP contribution in [0.5, 0.6) is 0 Å². The highest BCUT2D eigenvalue weighted by Gasteiger charge is 2.19. The highest BCUT2D eigenvalue weighted by molar-refractivity contribution is 7.91. The van der Waals surface area contributed by atoms with E-state index in [4.69, 9.17) is 5.11 Å². The van der Waals surface area contributed by atoms with E-state index >= 15 is 0 Å². The van der Waals surface area contributed by atoms with E-state index in [2.05, 4.69) is 10.1 Å². The van der Waals surface area contributed by atoms with Crippen LogP contribution in [0.2, 0.25) is 0 Å². The van der Waals surface area contributed by atoms with Crippen molar-refractivity contribution in [3.05, 3.63) is 0 Å². The SMILES string of the molecule is CCCNC(CCO)CS(=O)(=O)CCC(=O)OC. The van der Waals surface area contributed by atoms with Gasteiger partial charge in [0.05, 0.1) is 25.0 Å². The van der Waals surface area contributed by atoms with Crippen molar-refractivity contribution < 1.29 is 23.1 Å². The van der Waals surface area contributed by atoms with Gasteiger partial charge in [-0.05, 0) is 19.4 Å². The van der Waals surface area contributed by atoms with E-state index in [-0.39, 0.29) is 30.6 Å². The van der Waals surface area contributed by atoms with Gasteiger partial charge in [-0.1, -0.05) is 6.92 Å². The lowest BCUT2D eigenvalue weighted by Gasteiger charge is -2.17. The molecule has 1 atom stereocenters. The van der Waals surface area contributed by atoms with Crippen LogP contribution in [0, 0.1) is 0 Å². The van der Waals surface area contributed by atoms with Gasteiger partial charge in [0.25, 0.3) is 0 Å². The van der Waals surface area contributed by atoms with Gasteiger partial charge in [0, 0.05) is 12.6 Å². The number of hydrogen-bond donors (Lipinski definition) is 2. The molecular weight excluding hydrogens is 258 g/mol. The number of esters is 1. The summed E-state index contributed by atoms with van der Waals surface area (Å²) < 4.78 is 27.9. The summed E-state index contributed by atoms with van der Waals surface area (Å²) in [6, 6.07) is -0.266. The van der Waals surface area contributed by atoms with Crippen molar-refractivity contribution in [1.29, 1.82) is 0 Å². The summed E-state index contributed by atoms with van der Waals surface area (Å²) in [7, 11) is -2.08. The van der Waals surface area contributed by atoms with Crippen molar-refractivity contribution >= 4 is 15.8 Å². The van der Waals surface area contributed by atoms with Crippen molar-refractivity contribution in [1.82, 2.24) is 5.32 Å². The number of nitrogens with one attached hydrogen (secondary N) is 1. The van der Waals surface area contributed by atoms with Gasteiger partial charge in [-0.3, -0.25) is 4.79 Å². The van der Waals surface area contributed by atoms with E-state index in [0.717, 1.165) is 6.42 Å². The van der Waals surface area contributed by atoms with Gasteiger partial charge in [0.1, 0.15) is 0 Å². The molecule has 7 heteroatoms. The van der Waals surface area contributed by atoms with Crippen LogP contribution in [0.1, 0.15) is 26.2 Å². The molecule has 1 unspecified atom stereocenters. The van der Waals surface area contributed by atoms with E-state index in [1.54, 1.807) is 0 Å². The summed E-state index contributed by atoms with van der Waals surface area (Å²) in [6.45, 7) is 2.62. The first-order chi connectivity index (χ1) is 8.45. The molecule has 0 aliphatic carbocycles. The van der Waals surface area contributed by atoms with Gasteiger partial charge in [-0.25, -0.2) is 8.42 Å². The van der Waals surface area contributed by atoms with Gasteiger partial charge >= 0.3 is 5.97 Å². The van der Waals surface area contributed by atoms with E-state index in [1.807, 2.05) is 6.92 Å². The standard InChI is InChI=1S/C11H23NO5S/c1-3-6-12-10(4-7-13)9-18(15,16)8-5-11(14)17-2/h10,12-13H,3-9H2,1-2H3. The van der Waals surface area contributed by atoms with Gasteiger partial charge in [0.2, 0.25) is 0 Å². The monoisotopic (exact) mass is 281 g/mol. The number of hydrogen-bond acceptors (Lipinski definition) is 6. The summed E-state index contributed by atoms with van der Waals surface area (Å²) in [5.74, 6) is -0.807. The molecule has 0 spiro atoms. The Balaban J connectivity index is 4.27. The smallest absolute Gasteiger partial charge is 0.306 e. The van der Waals surface area contributed by atoms with Gasteiger partial charge in [0.15, 0.2) is 9.84 Å². The molecule has 0 aliphatic rings. The van der Waals surface area contributed by atoms with E-state index in [9.17, 15) is 13.2 Å². The van der Waals surface area contributed by atoms with Crippen LogP contribution in [0.4, 0.5) is 0 Å². The molecule has 0 heterocycles. The van der Waals surface area contributed by atoms with Crippen LogP contribution in [0.15, 0.2) is 0 Å². The highest BCUT2D eigenvalue weighted by atomic mass is 32.2. The number of ether oxygens (including phenoxy) is 1. The Morgan fingerprint density at radius 2 is 2.11 bits per heavy atom. The van der Waals surface area contributed by atoms with Crippen LogP contribution < -0.4 is 5.32 Å². The Morgan fingerprint density at radius 1 is 1.44 bits per heavy atom. The normalized spacial score (nSPS) is 13.3. The predicted octanol–water partition coefficient (Wildman–Crippen LogP) is -0.285. The minimum absolute atomic E-state index is 0.0616. The maximum absolute atomic E-state index is 11.8. The lowest BCUT2D eigenvalue weighted by atomic mass is 10.2. The molecule has 0 saturated heterocycles. The van der Waals surface area contributed by atoms with Crippen LogP contribution in [0.3, 0.4) is 0 Å². The molecule has 0 aromatic heterocycles. The summed E-state index contributed by atoms with van der Waals surface area (Å²) in [5.41, 5.74) is 0. The maximum atomic E-state index is 11.8. The second kappa shape index (κ2) is 9.29. The van der Waals surface area contributed by atoms with Crippen molar-refractivity contribution in [2.45, 2.75) is 32.2 Å². The zero-order chi connectivity index (χ0) is 14.0. The molecule has 0 bridgehead atoms. The quantitative estimate of drug-likeness (QED) is 0.535. The number of carbonyl (C=O) groups is 1. The minimum Gasteiger partial charge on any atom is -0.469 e. The van der Waals surface area contributed by atoms with Gasteiger partial charge in [-0.2, -0.15) is 0 Å². The summed E-state index contributed by atoms with van der Waals surface area (Å²) in [4.78, 5) is 10.9. The zero-order valence-corrected chi connectivity index (χ0v) is 11.8. The Labute approximate surface area is 109 Å². The first-order valence-corrected chi connectivity index (χ1v) is 7.88. The van der Waals surface area contributed by atoms with E-state index in [0.29, 0.717) is 13.0 Å². The van der Waals surface area contributed by atoms with Gasteiger partial charge in [-0.15, -0.1) is 0 Å². The number of sulfone groups is 1. The molecule has 0 aromatic rings. The molecule has 0 amide bonds. The molecule has 0 rings (SSSR count). The molecule has 0 aliphatic heterocycles. The lowest BCUT2D eigenvalue weighted by Crippen LogP contribution is -2.37. The Morgan fingerprint density at radius 3 is 2.61 bits per heavy atom. The number of carbonyl (C=O) groups excluding carboxylic acids is 1. The topological polar surface area (TPSA) is 92.7 Å². The van der Waals surface area contributed by atoms with Crippen molar-refractivity contribution in [3.8, 4) is 0 Å². The number of methoxy groups -OCH3 is 1. The largest absolute Gasteiger partial charge is 0.469 e. The summed E-state index contributed by atoms with van der Waals surface area (Å²) >= 11 is 0. The second-order valence-electron chi connectivity index (χ2n) is 4.10. The summed E-state index contributed by atoms with van der Waals surface area (Å²) in [5, 5.41) is 12.0. The Kier molecular flexibility index (Phi) is 8.95. The fraction of sp³-hybridized carbons (Fsp3) is 0.909. The molecule has 18 heavy (non-hydrogen) atoms. The number of aliphatic hydroxyl groups excluding tert-OH is 1. The average molecular weight is 281 g/mol. The molecular formula is C11H23NO5S. The zero-order valence-electron chi connectivity index (χ0n) is 11.0. The second-order valence-corrected chi connectivity index (χ2v) is 6.33. The van der Waals surface area contributed by atoms with Crippen LogP contribution in [0.25, 0.3) is 0 Å². The Hall–Kier alpha value is -0.660. The average Bonchev–Trinajstić information content (AvgIpc) is 2.33. The third kappa shape index (κ3) is 8.43. The third-order valence-electron chi connectivity index (χ3n) is 2.46. The molecule has 0 saturated carbocycles. The predicted molar refractivity (Wildman–Crippen MR) is 69.1 cm³/mol. The number of aliphatic hydroxyl groups is 1. The van der Waals surface area contributed by atoms with Crippen LogP contribution in [-0.4, -0.2) is 57.3 Å². The molecule has 108 valence electrons. The fourth-order valence-corrected chi connectivity index (χ4v) is 3.02.